The Morgan fingerprint density at radius 2 is 2.16 bits per heavy atom. The zero-order valence-corrected chi connectivity index (χ0v) is 12.0. The molecular weight excluding hydrogens is 287 g/mol. The zero-order valence-electron chi connectivity index (χ0n) is 10.5. The maximum Gasteiger partial charge on any atom is 0.307 e. The van der Waals surface area contributed by atoms with E-state index in [1.807, 2.05) is 6.92 Å². The predicted molar refractivity (Wildman–Crippen MR) is 74.0 cm³/mol. The molecule has 2 unspecified atom stereocenters. The fourth-order valence-corrected chi connectivity index (χ4v) is 3.25. The Hall–Kier alpha value is -1.06. The molecule has 0 aromatic heterocycles. The summed E-state index contributed by atoms with van der Waals surface area (Å²) >= 11 is 12.0. The van der Waals surface area contributed by atoms with E-state index in [1.165, 1.54) is 0 Å². The fourth-order valence-electron chi connectivity index (χ4n) is 2.68. The molecular formula is C14H14Cl2O3. The molecule has 2 atom stereocenters. The van der Waals surface area contributed by atoms with Crippen LogP contribution in [-0.2, 0) is 11.2 Å². The van der Waals surface area contributed by atoms with Crippen LogP contribution in [0.25, 0.3) is 0 Å². The van der Waals surface area contributed by atoms with Gasteiger partial charge in [0.05, 0.1) is 5.92 Å². The average molecular weight is 301 g/mol. The quantitative estimate of drug-likeness (QED) is 0.919. The maximum absolute atomic E-state index is 12.3. The number of fused-ring (bicyclic) bond motifs is 1. The minimum absolute atomic E-state index is 0.153. The molecule has 0 radical (unpaired) electrons. The van der Waals surface area contributed by atoms with E-state index in [1.54, 1.807) is 12.1 Å². The van der Waals surface area contributed by atoms with Crippen molar-refractivity contribution in [3.8, 4) is 0 Å². The van der Waals surface area contributed by atoms with Crippen molar-refractivity contribution in [3.63, 3.8) is 0 Å². The van der Waals surface area contributed by atoms with Crippen LogP contribution in [0.2, 0.25) is 10.0 Å². The molecule has 0 bridgehead atoms. The molecule has 3 nitrogen and oxygen atoms in total. The highest BCUT2D eigenvalue weighted by molar-refractivity contribution is 6.36. The Morgan fingerprint density at radius 3 is 2.74 bits per heavy atom. The van der Waals surface area contributed by atoms with Gasteiger partial charge in [-0.15, -0.1) is 0 Å². The number of benzene rings is 1. The van der Waals surface area contributed by atoms with E-state index in [0.29, 0.717) is 28.5 Å². The number of aliphatic carboxylic acids is 1. The van der Waals surface area contributed by atoms with Crippen LogP contribution >= 0.6 is 23.2 Å². The predicted octanol–water partition coefficient (Wildman–Crippen LogP) is 3.85. The molecule has 0 saturated heterocycles. The second kappa shape index (κ2) is 5.51. The van der Waals surface area contributed by atoms with Gasteiger partial charge in [0.25, 0.3) is 0 Å². The van der Waals surface area contributed by atoms with E-state index in [4.69, 9.17) is 23.2 Å². The zero-order chi connectivity index (χ0) is 14.2. The first-order valence-electron chi connectivity index (χ1n) is 6.20. The summed E-state index contributed by atoms with van der Waals surface area (Å²) in [6.07, 6.45) is 1.61. The van der Waals surface area contributed by atoms with Crippen LogP contribution in [0.5, 0.6) is 0 Å². The summed E-state index contributed by atoms with van der Waals surface area (Å²) in [4.78, 5) is 23.7. The van der Waals surface area contributed by atoms with Crippen LogP contribution in [0, 0.1) is 11.8 Å². The number of Topliss-reactive ketones (excluding diaryl/α,β-unsaturated/α-hetero) is 1. The van der Waals surface area contributed by atoms with E-state index < -0.39 is 17.8 Å². The monoisotopic (exact) mass is 300 g/mol. The Balaban J connectivity index is 2.37. The standard InChI is InChI=1S/C14H14Cl2O3/c1-2-3-8(14(18)19)11-6-9-10(13(11)17)4-7(15)5-12(9)16/h4-5,8,11H,2-3,6H2,1H3,(H,18,19). The number of hydrogen-bond donors (Lipinski definition) is 1. The molecule has 0 fully saturated rings. The van der Waals surface area contributed by atoms with Crippen molar-refractivity contribution >= 4 is 35.0 Å². The maximum atomic E-state index is 12.3. The summed E-state index contributed by atoms with van der Waals surface area (Å²) in [5.41, 5.74) is 1.20. The SMILES string of the molecule is CCCC(C(=O)O)C1Cc2c(Cl)cc(Cl)cc2C1=O. The van der Waals surface area contributed by atoms with E-state index in [9.17, 15) is 14.7 Å². The lowest BCUT2D eigenvalue weighted by atomic mass is 9.86. The van der Waals surface area contributed by atoms with Gasteiger partial charge in [0.1, 0.15) is 0 Å². The van der Waals surface area contributed by atoms with Crippen LogP contribution < -0.4 is 0 Å². The highest BCUT2D eigenvalue weighted by Crippen LogP contribution is 2.38. The molecule has 5 heteroatoms. The largest absolute Gasteiger partial charge is 0.481 e. The van der Waals surface area contributed by atoms with Crippen molar-refractivity contribution in [2.75, 3.05) is 0 Å². The van der Waals surface area contributed by atoms with Gasteiger partial charge in [0.2, 0.25) is 0 Å². The number of carboxylic acids is 1. The van der Waals surface area contributed by atoms with Crippen molar-refractivity contribution < 1.29 is 14.7 Å². The van der Waals surface area contributed by atoms with Gasteiger partial charge in [-0.05, 0) is 30.5 Å². The van der Waals surface area contributed by atoms with Gasteiger partial charge in [-0.2, -0.15) is 0 Å². The van der Waals surface area contributed by atoms with Gasteiger partial charge in [0.15, 0.2) is 5.78 Å². The topological polar surface area (TPSA) is 54.4 Å². The Labute approximate surface area is 121 Å². The first-order valence-corrected chi connectivity index (χ1v) is 6.96. The molecule has 2 rings (SSSR count). The van der Waals surface area contributed by atoms with E-state index in [0.717, 1.165) is 12.0 Å². The summed E-state index contributed by atoms with van der Waals surface area (Å²) in [5.74, 6) is -2.25. The van der Waals surface area contributed by atoms with E-state index >= 15 is 0 Å². The number of rotatable bonds is 4. The van der Waals surface area contributed by atoms with Gasteiger partial charge < -0.3 is 5.11 Å². The molecule has 1 N–H and O–H groups in total. The average Bonchev–Trinajstić information content (AvgIpc) is 2.64. The summed E-state index contributed by atoms with van der Waals surface area (Å²) in [5, 5.41) is 10.1. The molecule has 0 saturated carbocycles. The fraction of sp³-hybridized carbons (Fsp3) is 0.429. The van der Waals surface area contributed by atoms with Crippen molar-refractivity contribution in [3.05, 3.63) is 33.3 Å². The van der Waals surface area contributed by atoms with Crippen LogP contribution in [0.1, 0.15) is 35.7 Å². The number of halogens is 2. The third kappa shape index (κ3) is 2.63. The van der Waals surface area contributed by atoms with E-state index in [-0.39, 0.29) is 5.78 Å². The van der Waals surface area contributed by atoms with Gasteiger partial charge in [0, 0.05) is 21.5 Å². The number of carbonyl (C=O) groups excluding carboxylic acids is 1. The summed E-state index contributed by atoms with van der Waals surface area (Å²) in [6, 6.07) is 3.17. The summed E-state index contributed by atoms with van der Waals surface area (Å²) in [6.45, 7) is 1.91. The summed E-state index contributed by atoms with van der Waals surface area (Å²) in [7, 11) is 0. The number of carbonyl (C=O) groups is 2. The van der Waals surface area contributed by atoms with Gasteiger partial charge in [-0.25, -0.2) is 0 Å². The molecule has 0 amide bonds. The van der Waals surface area contributed by atoms with Crippen LogP contribution in [0.3, 0.4) is 0 Å². The third-order valence-corrected chi connectivity index (χ3v) is 4.14. The molecule has 1 aromatic rings. The molecule has 0 spiro atoms. The lowest BCUT2D eigenvalue weighted by Gasteiger charge is -2.17. The van der Waals surface area contributed by atoms with Crippen LogP contribution in [0.15, 0.2) is 12.1 Å². The molecule has 1 aromatic carbocycles. The highest BCUT2D eigenvalue weighted by atomic mass is 35.5. The van der Waals surface area contributed by atoms with Gasteiger partial charge >= 0.3 is 5.97 Å². The summed E-state index contributed by atoms with van der Waals surface area (Å²) < 4.78 is 0. The first kappa shape index (κ1) is 14.4. The molecule has 0 aliphatic heterocycles. The lowest BCUT2D eigenvalue weighted by Crippen LogP contribution is -2.27. The van der Waals surface area contributed by atoms with Gasteiger partial charge in [-0.3, -0.25) is 9.59 Å². The second-order valence-electron chi connectivity index (χ2n) is 4.82. The molecule has 102 valence electrons. The lowest BCUT2D eigenvalue weighted by molar-refractivity contribution is -0.143. The highest BCUT2D eigenvalue weighted by Gasteiger charge is 2.40. The van der Waals surface area contributed by atoms with Crippen molar-refractivity contribution in [2.24, 2.45) is 11.8 Å². The Morgan fingerprint density at radius 1 is 1.47 bits per heavy atom. The number of hydrogen-bond acceptors (Lipinski definition) is 2. The smallest absolute Gasteiger partial charge is 0.307 e. The normalized spacial score (nSPS) is 19.3. The number of carboxylic acid groups (broad SMARTS) is 1. The van der Waals surface area contributed by atoms with Crippen LogP contribution in [-0.4, -0.2) is 16.9 Å². The number of ketones is 1. The van der Waals surface area contributed by atoms with E-state index in [2.05, 4.69) is 0 Å². The Bertz CT molecular complexity index is 540. The van der Waals surface area contributed by atoms with Crippen molar-refractivity contribution in [2.45, 2.75) is 26.2 Å². The minimum atomic E-state index is -0.921. The molecule has 0 heterocycles. The Kier molecular flexibility index (Phi) is 4.16. The van der Waals surface area contributed by atoms with Crippen molar-refractivity contribution in [1.82, 2.24) is 0 Å². The first-order chi connectivity index (χ1) is 8.95. The van der Waals surface area contributed by atoms with Crippen molar-refractivity contribution in [1.29, 1.82) is 0 Å². The third-order valence-electron chi connectivity index (χ3n) is 3.59. The minimum Gasteiger partial charge on any atom is -0.481 e. The molecule has 1 aliphatic rings. The van der Waals surface area contributed by atoms with Crippen LogP contribution in [0.4, 0.5) is 0 Å². The molecule has 1 aliphatic carbocycles. The second-order valence-corrected chi connectivity index (χ2v) is 5.67. The molecule has 19 heavy (non-hydrogen) atoms. The van der Waals surface area contributed by atoms with Gasteiger partial charge in [-0.1, -0.05) is 36.5 Å².